The maximum atomic E-state index is 13.2. The second-order valence-corrected chi connectivity index (χ2v) is 10.8. The van der Waals surface area contributed by atoms with Gasteiger partial charge >= 0.3 is 0 Å². The van der Waals surface area contributed by atoms with Crippen molar-refractivity contribution in [3.8, 4) is 5.75 Å². The lowest BCUT2D eigenvalue weighted by molar-refractivity contribution is -0.118. The number of carbonyl (C=O) groups excluding carboxylic acids is 1. The summed E-state index contributed by atoms with van der Waals surface area (Å²) in [4.78, 5) is 13.1. The van der Waals surface area contributed by atoms with Crippen molar-refractivity contribution >= 4 is 33.4 Å². The molecule has 0 aliphatic carbocycles. The highest BCUT2D eigenvalue weighted by Crippen LogP contribution is 2.40. The predicted molar refractivity (Wildman–Crippen MR) is 121 cm³/mol. The average Bonchev–Trinajstić information content (AvgIpc) is 2.66. The van der Waals surface area contributed by atoms with Crippen LogP contribution in [0.1, 0.15) is 45.7 Å². The number of para-hydroxylation sites is 1. The summed E-state index contributed by atoms with van der Waals surface area (Å²) in [6.45, 7) is 7.47. The highest BCUT2D eigenvalue weighted by Gasteiger charge is 2.36. The molecule has 162 valence electrons. The van der Waals surface area contributed by atoms with Crippen LogP contribution in [0.3, 0.4) is 0 Å². The molecule has 1 heterocycles. The highest BCUT2D eigenvalue weighted by molar-refractivity contribution is 7.98. The number of hydrogen-bond acceptors (Lipinski definition) is 5. The molecule has 0 radical (unpaired) electrons. The smallest absolute Gasteiger partial charge is 0.241 e. The Bertz CT molecular complexity index is 1050. The second-order valence-electron chi connectivity index (χ2n) is 8.28. The van der Waals surface area contributed by atoms with Crippen LogP contribution in [0.15, 0.2) is 52.3 Å². The van der Waals surface area contributed by atoms with E-state index in [2.05, 4.69) is 10.0 Å². The molecule has 1 unspecified atom stereocenters. The zero-order valence-corrected chi connectivity index (χ0v) is 19.5. The van der Waals surface area contributed by atoms with Gasteiger partial charge in [0.25, 0.3) is 0 Å². The maximum Gasteiger partial charge on any atom is 0.241 e. The monoisotopic (exact) mass is 448 g/mol. The molecule has 1 amide bonds. The van der Waals surface area contributed by atoms with Crippen molar-refractivity contribution in [3.63, 3.8) is 0 Å². The summed E-state index contributed by atoms with van der Waals surface area (Å²) in [5.41, 5.74) is 0.812. The molecule has 1 aliphatic heterocycles. The quantitative estimate of drug-likeness (QED) is 0.632. The Labute approximate surface area is 182 Å². The standard InChI is InChI=1S/C22H28N2O4S2/c1-14(2)21(25)23-17-12-15(10-11-20(17)29-5)30(26,27)24-18-13-22(3,4)28-19-9-7-6-8-16(18)19/h6-12,14,18,24H,13H2,1-5H3,(H,23,25). The van der Waals surface area contributed by atoms with Gasteiger partial charge in [-0.3, -0.25) is 4.79 Å². The van der Waals surface area contributed by atoms with Crippen LogP contribution in [0, 0.1) is 5.92 Å². The van der Waals surface area contributed by atoms with Gasteiger partial charge in [0.1, 0.15) is 11.4 Å². The summed E-state index contributed by atoms with van der Waals surface area (Å²) in [5, 5.41) is 2.83. The number of amides is 1. The summed E-state index contributed by atoms with van der Waals surface area (Å²) in [6.07, 6.45) is 2.39. The zero-order chi connectivity index (χ0) is 22.1. The number of ether oxygens (including phenoxy) is 1. The minimum Gasteiger partial charge on any atom is -0.487 e. The molecular formula is C22H28N2O4S2. The number of thioether (sulfide) groups is 1. The third-order valence-electron chi connectivity index (χ3n) is 4.94. The lowest BCUT2D eigenvalue weighted by atomic mass is 9.90. The molecule has 0 saturated heterocycles. The van der Waals surface area contributed by atoms with Crippen molar-refractivity contribution in [2.24, 2.45) is 5.92 Å². The molecule has 2 aromatic carbocycles. The molecule has 0 spiro atoms. The van der Waals surface area contributed by atoms with Crippen molar-refractivity contribution in [2.75, 3.05) is 11.6 Å². The van der Waals surface area contributed by atoms with Gasteiger partial charge in [0.2, 0.25) is 15.9 Å². The number of hydrogen-bond donors (Lipinski definition) is 2. The fourth-order valence-electron chi connectivity index (χ4n) is 3.39. The van der Waals surface area contributed by atoms with E-state index < -0.39 is 21.7 Å². The normalized spacial score (nSPS) is 17.9. The van der Waals surface area contributed by atoms with E-state index in [1.165, 1.54) is 17.8 Å². The highest BCUT2D eigenvalue weighted by atomic mass is 32.2. The summed E-state index contributed by atoms with van der Waals surface area (Å²) in [6, 6.07) is 11.9. The SMILES string of the molecule is CSc1ccc(S(=O)(=O)NC2CC(C)(C)Oc3ccccc32)cc1NC(=O)C(C)C. The summed E-state index contributed by atoms with van der Waals surface area (Å²) < 4.78 is 35.3. The Morgan fingerprint density at radius 1 is 1.20 bits per heavy atom. The molecule has 30 heavy (non-hydrogen) atoms. The van der Waals surface area contributed by atoms with Crippen molar-refractivity contribution in [2.45, 2.75) is 55.5 Å². The molecule has 0 aromatic heterocycles. The van der Waals surface area contributed by atoms with Crippen molar-refractivity contribution in [1.82, 2.24) is 4.72 Å². The molecule has 3 rings (SSSR count). The van der Waals surface area contributed by atoms with Crippen LogP contribution < -0.4 is 14.8 Å². The van der Waals surface area contributed by atoms with Gasteiger partial charge in [0.15, 0.2) is 0 Å². The topological polar surface area (TPSA) is 84.5 Å². The summed E-state index contributed by atoms with van der Waals surface area (Å²) in [7, 11) is -3.82. The van der Waals surface area contributed by atoms with E-state index in [4.69, 9.17) is 4.74 Å². The molecule has 1 atom stereocenters. The zero-order valence-electron chi connectivity index (χ0n) is 17.9. The molecule has 2 aromatic rings. The van der Waals surface area contributed by atoms with E-state index in [0.29, 0.717) is 17.9 Å². The van der Waals surface area contributed by atoms with Crippen LogP contribution in [0.5, 0.6) is 5.75 Å². The Hall–Kier alpha value is -2.03. The van der Waals surface area contributed by atoms with E-state index in [-0.39, 0.29) is 16.7 Å². The fourth-order valence-corrected chi connectivity index (χ4v) is 5.17. The Morgan fingerprint density at radius 3 is 2.57 bits per heavy atom. The molecule has 0 bridgehead atoms. The number of sulfonamides is 1. The molecular weight excluding hydrogens is 420 g/mol. The largest absolute Gasteiger partial charge is 0.487 e. The summed E-state index contributed by atoms with van der Waals surface area (Å²) >= 11 is 1.45. The van der Waals surface area contributed by atoms with Crippen LogP contribution in [-0.2, 0) is 14.8 Å². The predicted octanol–water partition coefficient (Wildman–Crippen LogP) is 4.58. The van der Waals surface area contributed by atoms with Crippen LogP contribution in [0.25, 0.3) is 0 Å². The molecule has 1 aliphatic rings. The van der Waals surface area contributed by atoms with Gasteiger partial charge in [0, 0.05) is 22.8 Å². The van der Waals surface area contributed by atoms with E-state index in [1.807, 2.05) is 44.4 Å². The molecule has 2 N–H and O–H groups in total. The fraction of sp³-hybridized carbons (Fsp3) is 0.409. The number of nitrogens with one attached hydrogen (secondary N) is 2. The van der Waals surface area contributed by atoms with Gasteiger partial charge in [-0.05, 0) is 44.4 Å². The third kappa shape index (κ3) is 4.99. The lowest BCUT2D eigenvalue weighted by Gasteiger charge is -2.37. The van der Waals surface area contributed by atoms with Gasteiger partial charge < -0.3 is 10.1 Å². The van der Waals surface area contributed by atoms with Gasteiger partial charge in [-0.2, -0.15) is 0 Å². The number of rotatable bonds is 6. The molecule has 0 fully saturated rings. The molecule has 6 nitrogen and oxygen atoms in total. The third-order valence-corrected chi connectivity index (χ3v) is 7.20. The maximum absolute atomic E-state index is 13.2. The second kappa shape index (κ2) is 8.61. The van der Waals surface area contributed by atoms with Crippen LogP contribution in [0.2, 0.25) is 0 Å². The van der Waals surface area contributed by atoms with Crippen LogP contribution >= 0.6 is 11.8 Å². The lowest BCUT2D eigenvalue weighted by Crippen LogP contribution is -2.41. The minimum absolute atomic E-state index is 0.112. The van der Waals surface area contributed by atoms with E-state index >= 15 is 0 Å². The number of anilines is 1. The number of benzene rings is 2. The minimum atomic E-state index is -3.82. The number of fused-ring (bicyclic) bond motifs is 1. The Balaban J connectivity index is 1.93. The van der Waals surface area contributed by atoms with E-state index in [9.17, 15) is 13.2 Å². The molecule has 0 saturated carbocycles. The number of carbonyl (C=O) groups is 1. The van der Waals surface area contributed by atoms with Gasteiger partial charge in [-0.1, -0.05) is 32.0 Å². The first kappa shape index (κ1) is 22.7. The first-order valence-electron chi connectivity index (χ1n) is 9.81. The summed E-state index contributed by atoms with van der Waals surface area (Å²) in [5.74, 6) is 0.316. The van der Waals surface area contributed by atoms with Crippen LogP contribution in [0.4, 0.5) is 5.69 Å². The Kier molecular flexibility index (Phi) is 6.50. The van der Waals surface area contributed by atoms with Crippen LogP contribution in [-0.4, -0.2) is 26.2 Å². The first-order valence-corrected chi connectivity index (χ1v) is 12.5. The van der Waals surface area contributed by atoms with Crippen molar-refractivity contribution in [1.29, 1.82) is 0 Å². The first-order chi connectivity index (χ1) is 14.0. The van der Waals surface area contributed by atoms with Gasteiger partial charge in [-0.15, -0.1) is 11.8 Å². The van der Waals surface area contributed by atoms with E-state index in [0.717, 1.165) is 10.5 Å². The van der Waals surface area contributed by atoms with E-state index in [1.54, 1.807) is 26.0 Å². The van der Waals surface area contributed by atoms with Gasteiger partial charge in [0.05, 0.1) is 16.6 Å². The van der Waals surface area contributed by atoms with Gasteiger partial charge in [-0.25, -0.2) is 13.1 Å². The molecule has 8 heteroatoms. The Morgan fingerprint density at radius 2 is 1.90 bits per heavy atom. The average molecular weight is 449 g/mol. The van der Waals surface area contributed by atoms with Crippen molar-refractivity contribution < 1.29 is 17.9 Å². The van der Waals surface area contributed by atoms with Crippen molar-refractivity contribution in [3.05, 3.63) is 48.0 Å².